The smallest absolute Gasteiger partial charge is 0.0543 e. The SMILES string of the molecule is CC1(C)Cc2ccccc2-c2c(N(c3ccc(-c4ccccc4)cc3)c3ccccc3-c3ccccc3)cccc21. The van der Waals surface area contributed by atoms with Crippen LogP contribution in [0.25, 0.3) is 33.4 Å². The third kappa shape index (κ3) is 4.54. The molecule has 6 aromatic carbocycles. The minimum Gasteiger partial charge on any atom is -0.309 e. The lowest BCUT2D eigenvalue weighted by molar-refractivity contribution is 0.517. The predicted octanol–water partition coefficient (Wildman–Crippen LogP) is 11.0. The second kappa shape index (κ2) is 10.3. The first kappa shape index (κ1) is 25.1. The van der Waals surface area contributed by atoms with Gasteiger partial charge in [-0.3, -0.25) is 0 Å². The maximum Gasteiger partial charge on any atom is 0.0543 e. The second-order valence-electron chi connectivity index (χ2n) is 11.5. The zero-order valence-corrected chi connectivity index (χ0v) is 23.6. The zero-order chi connectivity index (χ0) is 27.8. The summed E-state index contributed by atoms with van der Waals surface area (Å²) in [5.74, 6) is 0. The molecule has 0 aliphatic heterocycles. The summed E-state index contributed by atoms with van der Waals surface area (Å²) in [7, 11) is 0. The van der Waals surface area contributed by atoms with Crippen molar-refractivity contribution in [3.8, 4) is 33.4 Å². The summed E-state index contributed by atoms with van der Waals surface area (Å²) >= 11 is 0. The van der Waals surface area contributed by atoms with Crippen LogP contribution in [0.2, 0.25) is 0 Å². The third-order valence-corrected chi connectivity index (χ3v) is 8.39. The van der Waals surface area contributed by atoms with E-state index in [0.29, 0.717) is 0 Å². The van der Waals surface area contributed by atoms with E-state index in [1.165, 1.54) is 55.9 Å². The molecule has 0 saturated heterocycles. The number of anilines is 3. The lowest BCUT2D eigenvalue weighted by atomic mass is 9.69. The first-order chi connectivity index (χ1) is 20.1. The molecule has 0 heterocycles. The van der Waals surface area contributed by atoms with Crippen LogP contribution in [0.15, 0.2) is 152 Å². The number of benzene rings is 6. The van der Waals surface area contributed by atoms with E-state index in [9.17, 15) is 0 Å². The molecule has 0 unspecified atom stereocenters. The van der Waals surface area contributed by atoms with Crippen LogP contribution in [0.4, 0.5) is 17.1 Å². The third-order valence-electron chi connectivity index (χ3n) is 8.39. The van der Waals surface area contributed by atoms with Crippen LogP contribution in [0.1, 0.15) is 25.0 Å². The summed E-state index contributed by atoms with van der Waals surface area (Å²) in [5.41, 5.74) is 13.9. The van der Waals surface area contributed by atoms with Crippen molar-refractivity contribution in [1.82, 2.24) is 0 Å². The Balaban J connectivity index is 1.49. The normalized spacial score (nSPS) is 13.2. The molecule has 1 nitrogen and oxygen atoms in total. The van der Waals surface area contributed by atoms with Gasteiger partial charge in [-0.1, -0.05) is 141 Å². The number of rotatable bonds is 5. The summed E-state index contributed by atoms with van der Waals surface area (Å²) in [6.07, 6.45) is 1.03. The molecule has 1 aliphatic rings. The molecular weight excluding hydrogens is 494 g/mol. The van der Waals surface area contributed by atoms with E-state index in [2.05, 4.69) is 170 Å². The van der Waals surface area contributed by atoms with Crippen molar-refractivity contribution in [3.63, 3.8) is 0 Å². The van der Waals surface area contributed by atoms with E-state index in [4.69, 9.17) is 0 Å². The van der Waals surface area contributed by atoms with Gasteiger partial charge in [-0.05, 0) is 69.5 Å². The molecule has 1 aliphatic carbocycles. The fourth-order valence-electron chi connectivity index (χ4n) is 6.44. The van der Waals surface area contributed by atoms with Crippen LogP contribution in [0.3, 0.4) is 0 Å². The van der Waals surface area contributed by atoms with Crippen LogP contribution >= 0.6 is 0 Å². The quantitative estimate of drug-likeness (QED) is 0.215. The van der Waals surface area contributed by atoms with E-state index in [1.54, 1.807) is 0 Å². The summed E-state index contributed by atoms with van der Waals surface area (Å²) in [6, 6.07) is 55.0. The number of para-hydroxylation sites is 1. The van der Waals surface area contributed by atoms with Gasteiger partial charge in [-0.25, -0.2) is 0 Å². The second-order valence-corrected chi connectivity index (χ2v) is 11.5. The topological polar surface area (TPSA) is 3.24 Å². The Labute approximate surface area is 243 Å². The monoisotopic (exact) mass is 527 g/mol. The Bertz CT molecular complexity index is 1820. The molecule has 198 valence electrons. The first-order valence-electron chi connectivity index (χ1n) is 14.4. The van der Waals surface area contributed by atoms with Crippen molar-refractivity contribution in [2.45, 2.75) is 25.7 Å². The van der Waals surface area contributed by atoms with Gasteiger partial charge in [0.15, 0.2) is 0 Å². The average Bonchev–Trinajstić information content (AvgIpc) is 3.02. The van der Waals surface area contributed by atoms with Gasteiger partial charge < -0.3 is 4.90 Å². The highest BCUT2D eigenvalue weighted by Gasteiger charge is 2.34. The van der Waals surface area contributed by atoms with Gasteiger partial charge in [0.1, 0.15) is 0 Å². The molecule has 41 heavy (non-hydrogen) atoms. The molecule has 0 atom stereocenters. The van der Waals surface area contributed by atoms with Crippen LogP contribution < -0.4 is 4.90 Å². The molecule has 0 spiro atoms. The molecule has 6 aromatic rings. The van der Waals surface area contributed by atoms with Gasteiger partial charge in [-0.15, -0.1) is 0 Å². The Morgan fingerprint density at radius 2 is 1.02 bits per heavy atom. The van der Waals surface area contributed by atoms with Gasteiger partial charge in [0.05, 0.1) is 11.4 Å². The van der Waals surface area contributed by atoms with Crippen molar-refractivity contribution in [2.24, 2.45) is 0 Å². The lowest BCUT2D eigenvalue weighted by Gasteiger charge is -2.38. The molecule has 0 bridgehead atoms. The van der Waals surface area contributed by atoms with Crippen molar-refractivity contribution in [1.29, 1.82) is 0 Å². The maximum atomic E-state index is 2.47. The predicted molar refractivity (Wildman–Crippen MR) is 174 cm³/mol. The fourth-order valence-corrected chi connectivity index (χ4v) is 6.44. The van der Waals surface area contributed by atoms with E-state index < -0.39 is 0 Å². The van der Waals surface area contributed by atoms with Crippen molar-refractivity contribution in [2.75, 3.05) is 4.90 Å². The minimum atomic E-state index is 0.0292. The fraction of sp³-hybridized carbons (Fsp3) is 0.100. The Morgan fingerprint density at radius 3 is 1.76 bits per heavy atom. The molecule has 0 N–H and O–H groups in total. The average molecular weight is 528 g/mol. The highest BCUT2D eigenvalue weighted by atomic mass is 15.1. The Hall–Kier alpha value is -4.88. The Morgan fingerprint density at radius 1 is 0.463 bits per heavy atom. The lowest BCUT2D eigenvalue weighted by Crippen LogP contribution is -2.27. The standard InChI is InChI=1S/C40H33N/c1-40(2)28-32-18-9-10-20-35(32)39-36(40)21-13-23-38(39)41(33-26-24-30(25-27-33)29-14-5-3-6-15-29)37-22-12-11-19-34(37)31-16-7-4-8-17-31/h3-27H,28H2,1-2H3. The summed E-state index contributed by atoms with van der Waals surface area (Å²) in [5, 5.41) is 0. The van der Waals surface area contributed by atoms with E-state index in [1.807, 2.05) is 0 Å². The van der Waals surface area contributed by atoms with Crippen molar-refractivity contribution < 1.29 is 0 Å². The van der Waals surface area contributed by atoms with Gasteiger partial charge in [0.25, 0.3) is 0 Å². The molecular formula is C40H33N. The number of hydrogen-bond donors (Lipinski definition) is 0. The van der Waals surface area contributed by atoms with E-state index in [-0.39, 0.29) is 5.41 Å². The number of hydrogen-bond acceptors (Lipinski definition) is 1. The molecule has 0 radical (unpaired) electrons. The number of fused-ring (bicyclic) bond motifs is 3. The van der Waals surface area contributed by atoms with Crippen molar-refractivity contribution >= 4 is 17.1 Å². The molecule has 0 amide bonds. The van der Waals surface area contributed by atoms with Crippen molar-refractivity contribution in [3.05, 3.63) is 163 Å². The largest absolute Gasteiger partial charge is 0.309 e. The molecule has 0 aromatic heterocycles. The van der Waals surface area contributed by atoms with Crippen LogP contribution in [0.5, 0.6) is 0 Å². The highest BCUT2D eigenvalue weighted by Crippen LogP contribution is 2.51. The summed E-state index contributed by atoms with van der Waals surface area (Å²) < 4.78 is 0. The van der Waals surface area contributed by atoms with E-state index in [0.717, 1.165) is 12.1 Å². The minimum absolute atomic E-state index is 0.0292. The van der Waals surface area contributed by atoms with Gasteiger partial charge in [0.2, 0.25) is 0 Å². The van der Waals surface area contributed by atoms with Gasteiger partial charge in [-0.2, -0.15) is 0 Å². The highest BCUT2D eigenvalue weighted by molar-refractivity contribution is 5.96. The van der Waals surface area contributed by atoms with E-state index >= 15 is 0 Å². The molecule has 7 rings (SSSR count). The zero-order valence-electron chi connectivity index (χ0n) is 23.6. The first-order valence-corrected chi connectivity index (χ1v) is 14.4. The van der Waals surface area contributed by atoms with Crippen LogP contribution in [-0.2, 0) is 11.8 Å². The summed E-state index contributed by atoms with van der Waals surface area (Å²) in [6.45, 7) is 4.75. The molecule has 0 saturated carbocycles. The molecule has 0 fully saturated rings. The maximum absolute atomic E-state index is 2.47. The summed E-state index contributed by atoms with van der Waals surface area (Å²) in [4.78, 5) is 2.47. The van der Waals surface area contributed by atoms with Crippen LogP contribution in [0, 0.1) is 0 Å². The number of nitrogens with zero attached hydrogens (tertiary/aromatic N) is 1. The molecule has 1 heteroatoms. The van der Waals surface area contributed by atoms with Gasteiger partial charge >= 0.3 is 0 Å². The van der Waals surface area contributed by atoms with Gasteiger partial charge in [0, 0.05) is 16.8 Å². The Kier molecular flexibility index (Phi) is 6.29. The van der Waals surface area contributed by atoms with Crippen LogP contribution in [-0.4, -0.2) is 0 Å².